The van der Waals surface area contributed by atoms with E-state index in [2.05, 4.69) is 27.1 Å². The first-order chi connectivity index (χ1) is 16.1. The molecule has 1 aliphatic rings. The smallest absolute Gasteiger partial charge is 0.224 e. The molecule has 4 aromatic rings. The number of aliphatic hydroxyl groups is 1. The van der Waals surface area contributed by atoms with Crippen LogP contribution in [0.2, 0.25) is 0 Å². The highest BCUT2D eigenvalue weighted by atomic mass is 19.1. The number of hydrogen-bond acceptors (Lipinski definition) is 4. The Bertz CT molecular complexity index is 1330. The van der Waals surface area contributed by atoms with Crippen molar-refractivity contribution in [1.82, 2.24) is 14.5 Å². The lowest BCUT2D eigenvalue weighted by atomic mass is 9.85. The fraction of sp³-hybridized carbons (Fsp3) is 0.259. The van der Waals surface area contributed by atoms with E-state index in [0.717, 1.165) is 53.5 Å². The quantitative estimate of drug-likeness (QED) is 0.427. The van der Waals surface area contributed by atoms with Gasteiger partial charge in [-0.15, -0.1) is 0 Å². The molecule has 2 aromatic carbocycles. The number of hydrogen-bond donors (Lipinski definition) is 2. The van der Waals surface area contributed by atoms with Gasteiger partial charge < -0.3 is 15.0 Å². The summed E-state index contributed by atoms with van der Waals surface area (Å²) < 4.78 is 15.1. The summed E-state index contributed by atoms with van der Waals surface area (Å²) >= 11 is 0. The van der Waals surface area contributed by atoms with Crippen molar-refractivity contribution in [2.75, 3.05) is 5.32 Å². The molecule has 0 spiro atoms. The lowest BCUT2D eigenvalue weighted by molar-refractivity contribution is 0.0610. The third-order valence-corrected chi connectivity index (χ3v) is 6.06. The molecule has 0 radical (unpaired) electrons. The molecule has 6 heteroatoms. The van der Waals surface area contributed by atoms with Crippen LogP contribution in [0.25, 0.3) is 16.7 Å². The van der Waals surface area contributed by atoms with Crippen LogP contribution < -0.4 is 5.32 Å². The maximum absolute atomic E-state index is 13.1. The Kier molecular flexibility index (Phi) is 5.80. The van der Waals surface area contributed by atoms with Crippen LogP contribution in [0, 0.1) is 17.7 Å². The minimum atomic E-state index is -0.868. The first kappa shape index (κ1) is 21.2. The molecule has 0 aliphatic heterocycles. The number of rotatable bonds is 4. The summed E-state index contributed by atoms with van der Waals surface area (Å²) in [6.07, 6.45) is 8.40. The van der Waals surface area contributed by atoms with Gasteiger partial charge in [-0.1, -0.05) is 36.5 Å². The van der Waals surface area contributed by atoms with E-state index in [4.69, 9.17) is 0 Å². The van der Waals surface area contributed by atoms with Crippen molar-refractivity contribution in [3.8, 4) is 17.7 Å². The summed E-state index contributed by atoms with van der Waals surface area (Å²) in [5, 5.41) is 15.0. The Hall–Kier alpha value is -3.69. The maximum atomic E-state index is 13.1. The van der Waals surface area contributed by atoms with Crippen LogP contribution in [0.15, 0.2) is 67.0 Å². The molecule has 2 heterocycles. The zero-order valence-corrected chi connectivity index (χ0v) is 18.3. The van der Waals surface area contributed by atoms with Crippen molar-refractivity contribution in [3.05, 3.63) is 83.9 Å². The summed E-state index contributed by atoms with van der Waals surface area (Å²) in [4.78, 5) is 8.96. The average Bonchev–Trinajstić information content (AvgIpc) is 3.27. The first-order valence-corrected chi connectivity index (χ1v) is 11.3. The second-order valence-electron chi connectivity index (χ2n) is 8.52. The fourth-order valence-corrected chi connectivity index (χ4v) is 4.21. The van der Waals surface area contributed by atoms with E-state index in [1.54, 1.807) is 18.3 Å². The molecule has 0 bridgehead atoms. The van der Waals surface area contributed by atoms with E-state index in [1.807, 2.05) is 41.1 Å². The third kappa shape index (κ3) is 4.89. The van der Waals surface area contributed by atoms with Crippen molar-refractivity contribution in [3.63, 3.8) is 0 Å². The normalized spacial score (nSPS) is 15.1. The topological polar surface area (TPSA) is 63.0 Å². The molecule has 166 valence electrons. The Balaban J connectivity index is 1.39. The van der Waals surface area contributed by atoms with Gasteiger partial charge in [-0.25, -0.2) is 9.37 Å². The Morgan fingerprint density at radius 3 is 2.67 bits per heavy atom. The number of benzene rings is 2. The van der Waals surface area contributed by atoms with Crippen LogP contribution in [0.3, 0.4) is 0 Å². The number of fused-ring (bicyclic) bond motifs is 1. The van der Waals surface area contributed by atoms with Crippen LogP contribution in [0.5, 0.6) is 0 Å². The van der Waals surface area contributed by atoms with Crippen LogP contribution in [0.4, 0.5) is 10.3 Å². The maximum Gasteiger partial charge on any atom is 0.224 e. The van der Waals surface area contributed by atoms with E-state index in [-0.39, 0.29) is 5.82 Å². The van der Waals surface area contributed by atoms with Crippen molar-refractivity contribution in [2.24, 2.45) is 0 Å². The van der Waals surface area contributed by atoms with Crippen molar-refractivity contribution >= 4 is 16.9 Å². The van der Waals surface area contributed by atoms with E-state index in [0.29, 0.717) is 12.5 Å². The molecule has 0 amide bonds. The first-order valence-electron chi connectivity index (χ1n) is 11.3. The van der Waals surface area contributed by atoms with Gasteiger partial charge in [0.1, 0.15) is 17.2 Å². The minimum absolute atomic E-state index is 0.256. The number of aromatic nitrogens is 3. The van der Waals surface area contributed by atoms with Gasteiger partial charge in [0.05, 0.1) is 5.52 Å². The standard InChI is InChI=1S/C27H25FN4O/c28-23-8-5-21(6-9-23)19-30-26-29-16-11-25(31-26)32-17-12-22-7-4-20(18-24(22)32)10-15-27(33)13-2-1-3-14-27/h4-9,11-12,16-18,33H,1-3,13-14,19H2,(H,29,30,31). The predicted octanol–water partition coefficient (Wildman–Crippen LogP) is 5.22. The molecule has 2 aromatic heterocycles. The summed E-state index contributed by atoms with van der Waals surface area (Å²) in [6.45, 7) is 0.499. The van der Waals surface area contributed by atoms with E-state index >= 15 is 0 Å². The molecule has 0 atom stereocenters. The van der Waals surface area contributed by atoms with Crippen LogP contribution in [0.1, 0.15) is 43.2 Å². The summed E-state index contributed by atoms with van der Waals surface area (Å²) in [7, 11) is 0. The number of nitrogens with one attached hydrogen (secondary N) is 1. The molecule has 5 rings (SSSR count). The molecule has 0 saturated heterocycles. The van der Waals surface area contributed by atoms with E-state index < -0.39 is 5.60 Å². The highest BCUT2D eigenvalue weighted by Crippen LogP contribution is 2.27. The van der Waals surface area contributed by atoms with Crippen LogP contribution in [-0.4, -0.2) is 25.2 Å². The molecular formula is C27H25FN4O. The molecule has 1 saturated carbocycles. The molecule has 2 N–H and O–H groups in total. The Morgan fingerprint density at radius 2 is 1.85 bits per heavy atom. The van der Waals surface area contributed by atoms with E-state index in [1.165, 1.54) is 18.6 Å². The molecule has 1 aliphatic carbocycles. The van der Waals surface area contributed by atoms with Gasteiger partial charge >= 0.3 is 0 Å². The number of anilines is 1. The fourth-order valence-electron chi connectivity index (χ4n) is 4.21. The van der Waals surface area contributed by atoms with E-state index in [9.17, 15) is 9.50 Å². The Labute approximate surface area is 192 Å². The largest absolute Gasteiger partial charge is 0.378 e. The van der Waals surface area contributed by atoms with Gasteiger partial charge in [-0.3, -0.25) is 0 Å². The second-order valence-corrected chi connectivity index (χ2v) is 8.52. The van der Waals surface area contributed by atoms with Gasteiger partial charge in [-0.2, -0.15) is 4.98 Å². The van der Waals surface area contributed by atoms with Gasteiger partial charge in [0.15, 0.2) is 0 Å². The van der Waals surface area contributed by atoms with Crippen LogP contribution in [-0.2, 0) is 6.54 Å². The highest BCUT2D eigenvalue weighted by Gasteiger charge is 2.26. The third-order valence-electron chi connectivity index (χ3n) is 6.06. The zero-order chi connectivity index (χ0) is 22.7. The van der Waals surface area contributed by atoms with Gasteiger partial charge in [-0.05, 0) is 67.6 Å². The van der Waals surface area contributed by atoms with Crippen molar-refractivity contribution in [1.29, 1.82) is 0 Å². The van der Waals surface area contributed by atoms with Crippen molar-refractivity contribution < 1.29 is 9.50 Å². The van der Waals surface area contributed by atoms with Crippen molar-refractivity contribution in [2.45, 2.75) is 44.2 Å². The second kappa shape index (κ2) is 9.05. The van der Waals surface area contributed by atoms with Gasteiger partial charge in [0, 0.05) is 29.9 Å². The van der Waals surface area contributed by atoms with Crippen LogP contribution >= 0.6 is 0 Å². The molecule has 0 unspecified atom stereocenters. The van der Waals surface area contributed by atoms with Gasteiger partial charge in [0.25, 0.3) is 0 Å². The predicted molar refractivity (Wildman–Crippen MR) is 128 cm³/mol. The SMILES string of the molecule is OC1(C#Cc2ccc3ccn(-c4ccnc(NCc5ccc(F)cc5)n4)c3c2)CCCCC1. The summed E-state index contributed by atoms with van der Waals surface area (Å²) in [5.41, 5.74) is 1.93. The number of nitrogens with zero attached hydrogens (tertiary/aromatic N) is 3. The molecule has 1 fully saturated rings. The Morgan fingerprint density at radius 1 is 1.03 bits per heavy atom. The lowest BCUT2D eigenvalue weighted by Gasteiger charge is -2.26. The molecule has 5 nitrogen and oxygen atoms in total. The van der Waals surface area contributed by atoms with Gasteiger partial charge in [0.2, 0.25) is 5.95 Å². The zero-order valence-electron chi connectivity index (χ0n) is 18.3. The molecule has 33 heavy (non-hydrogen) atoms. The molecular weight excluding hydrogens is 415 g/mol. The number of halogens is 1. The highest BCUT2D eigenvalue weighted by molar-refractivity contribution is 5.83. The summed E-state index contributed by atoms with van der Waals surface area (Å²) in [5.74, 6) is 7.27. The average molecular weight is 441 g/mol. The lowest BCUT2D eigenvalue weighted by Crippen LogP contribution is -2.29. The monoisotopic (exact) mass is 440 g/mol. The summed E-state index contributed by atoms with van der Waals surface area (Å²) in [6, 6.07) is 16.3. The minimum Gasteiger partial charge on any atom is -0.378 e.